The normalized spacial score (nSPS) is 12.4. The second kappa shape index (κ2) is 6.03. The molecule has 0 heterocycles. The Hall–Kier alpha value is -0.910. The molecule has 0 radical (unpaired) electrons. The minimum atomic E-state index is -1.44. The fraction of sp³-hybridized carbons (Fsp3) is 0.0769. The third-order valence-electron chi connectivity index (χ3n) is 2.52. The molecule has 0 fully saturated rings. The van der Waals surface area contributed by atoms with Gasteiger partial charge in [-0.05, 0) is 35.9 Å². The molecule has 2 nitrogen and oxygen atoms in total. The third-order valence-corrected chi connectivity index (χ3v) is 4.79. The zero-order valence-electron chi connectivity index (χ0n) is 9.70. The van der Waals surface area contributed by atoms with Gasteiger partial charge in [-0.25, -0.2) is 4.39 Å². The summed E-state index contributed by atoms with van der Waals surface area (Å²) in [5, 5.41) is 0.512. The second-order valence-corrected chi connectivity index (χ2v) is 6.65. The van der Waals surface area contributed by atoms with Crippen molar-refractivity contribution in [3.8, 4) is 0 Å². The number of benzene rings is 2. The van der Waals surface area contributed by atoms with Crippen LogP contribution in [0, 0.1) is 5.82 Å². The first kappa shape index (κ1) is 14.5. The van der Waals surface area contributed by atoms with Gasteiger partial charge in [-0.3, -0.25) is 4.21 Å². The van der Waals surface area contributed by atoms with Crippen molar-refractivity contribution >= 4 is 44.0 Å². The van der Waals surface area contributed by atoms with E-state index in [0.29, 0.717) is 15.6 Å². The Morgan fingerprint density at radius 1 is 1.26 bits per heavy atom. The summed E-state index contributed by atoms with van der Waals surface area (Å²) in [4.78, 5) is 0.291. The van der Waals surface area contributed by atoms with E-state index in [0.717, 1.165) is 10.0 Å². The van der Waals surface area contributed by atoms with Gasteiger partial charge in [-0.15, -0.1) is 0 Å². The summed E-state index contributed by atoms with van der Waals surface area (Å²) in [5.41, 5.74) is 6.75. The van der Waals surface area contributed by atoms with E-state index in [9.17, 15) is 8.60 Å². The summed E-state index contributed by atoms with van der Waals surface area (Å²) in [6, 6.07) is 9.16. The van der Waals surface area contributed by atoms with Crippen LogP contribution in [0.3, 0.4) is 0 Å². The Morgan fingerprint density at radius 3 is 2.68 bits per heavy atom. The zero-order chi connectivity index (χ0) is 14.0. The molecule has 1 unspecified atom stereocenters. The van der Waals surface area contributed by atoms with Gasteiger partial charge in [-0.1, -0.05) is 33.6 Å². The molecule has 100 valence electrons. The van der Waals surface area contributed by atoms with Gasteiger partial charge < -0.3 is 5.73 Å². The fourth-order valence-electron chi connectivity index (χ4n) is 1.56. The Kier molecular flexibility index (Phi) is 4.60. The van der Waals surface area contributed by atoms with E-state index in [4.69, 9.17) is 17.3 Å². The van der Waals surface area contributed by atoms with Crippen LogP contribution in [0.2, 0.25) is 5.02 Å². The van der Waals surface area contributed by atoms with Crippen LogP contribution in [0.15, 0.2) is 45.8 Å². The number of nitrogens with two attached hydrogens (primary N) is 1. The first-order valence-corrected chi connectivity index (χ1v) is 7.83. The minimum Gasteiger partial charge on any atom is -0.398 e. The third kappa shape index (κ3) is 3.55. The molecule has 0 amide bonds. The Bertz CT molecular complexity index is 651. The number of rotatable bonds is 3. The Morgan fingerprint density at radius 2 is 2.00 bits per heavy atom. The van der Waals surface area contributed by atoms with Gasteiger partial charge in [0.15, 0.2) is 0 Å². The van der Waals surface area contributed by atoms with E-state index in [1.807, 2.05) is 6.07 Å². The maximum absolute atomic E-state index is 13.2. The fourth-order valence-corrected chi connectivity index (χ4v) is 3.65. The molecule has 1 atom stereocenters. The van der Waals surface area contributed by atoms with Gasteiger partial charge in [0.05, 0.1) is 21.4 Å². The number of nitrogen functional groups attached to an aromatic ring is 1. The van der Waals surface area contributed by atoms with Crippen LogP contribution in [0.4, 0.5) is 10.1 Å². The molecule has 0 aliphatic heterocycles. The summed E-state index contributed by atoms with van der Waals surface area (Å²) in [6.07, 6.45) is 0. The van der Waals surface area contributed by atoms with E-state index in [2.05, 4.69) is 15.9 Å². The highest BCUT2D eigenvalue weighted by Crippen LogP contribution is 2.26. The summed E-state index contributed by atoms with van der Waals surface area (Å²) >= 11 is 9.36. The predicted octanol–water partition coefficient (Wildman–Crippen LogP) is 4.13. The van der Waals surface area contributed by atoms with Crippen LogP contribution in [0.5, 0.6) is 0 Å². The van der Waals surface area contributed by atoms with E-state index >= 15 is 0 Å². The number of halogens is 3. The van der Waals surface area contributed by atoms with Gasteiger partial charge in [-0.2, -0.15) is 0 Å². The molecule has 2 N–H and O–H groups in total. The number of anilines is 1. The highest BCUT2D eigenvalue weighted by atomic mass is 79.9. The van der Waals surface area contributed by atoms with E-state index in [1.165, 1.54) is 18.2 Å². The topological polar surface area (TPSA) is 43.1 Å². The molecule has 2 aromatic rings. The van der Waals surface area contributed by atoms with Crippen molar-refractivity contribution in [2.75, 3.05) is 5.73 Å². The molecule has 6 heteroatoms. The maximum Gasteiger partial charge on any atom is 0.124 e. The van der Waals surface area contributed by atoms with Gasteiger partial charge in [0.2, 0.25) is 0 Å². The average molecular weight is 363 g/mol. The molecule has 0 aliphatic carbocycles. The molecule has 19 heavy (non-hydrogen) atoms. The highest BCUT2D eigenvalue weighted by Gasteiger charge is 2.12. The lowest BCUT2D eigenvalue weighted by Gasteiger charge is -2.08. The van der Waals surface area contributed by atoms with Gasteiger partial charge in [0.25, 0.3) is 0 Å². The van der Waals surface area contributed by atoms with E-state index in [-0.39, 0.29) is 5.75 Å². The molecule has 2 aromatic carbocycles. The van der Waals surface area contributed by atoms with Gasteiger partial charge >= 0.3 is 0 Å². The van der Waals surface area contributed by atoms with Crippen molar-refractivity contribution in [1.29, 1.82) is 0 Å². The quantitative estimate of drug-likeness (QED) is 0.834. The van der Waals surface area contributed by atoms with Crippen LogP contribution >= 0.6 is 27.5 Å². The molecule has 0 saturated heterocycles. The molecule has 0 saturated carbocycles. The summed E-state index contributed by atoms with van der Waals surface area (Å²) in [6.45, 7) is 0. The van der Waals surface area contributed by atoms with Crippen LogP contribution in [0.25, 0.3) is 0 Å². The molecule has 2 rings (SSSR count). The van der Waals surface area contributed by atoms with Crippen LogP contribution in [-0.4, -0.2) is 4.21 Å². The summed E-state index contributed by atoms with van der Waals surface area (Å²) in [7, 11) is -1.44. The van der Waals surface area contributed by atoms with Crippen molar-refractivity contribution in [3.63, 3.8) is 0 Å². The Balaban J connectivity index is 2.28. The largest absolute Gasteiger partial charge is 0.398 e. The average Bonchev–Trinajstić information content (AvgIpc) is 2.35. The number of hydrogen-bond donors (Lipinski definition) is 1. The van der Waals surface area contributed by atoms with Crippen molar-refractivity contribution in [2.45, 2.75) is 10.6 Å². The standard InChI is InChI=1S/C13H10BrClFNOS/c14-9-2-1-8(11(15)5-9)7-19(18)13-6-10(16)3-4-12(13)17/h1-6H,7,17H2. The zero-order valence-corrected chi connectivity index (χ0v) is 12.9. The maximum atomic E-state index is 13.2. The second-order valence-electron chi connectivity index (χ2n) is 3.91. The molecular weight excluding hydrogens is 353 g/mol. The smallest absolute Gasteiger partial charge is 0.124 e. The van der Waals surface area contributed by atoms with Gasteiger partial charge in [0.1, 0.15) is 5.82 Å². The molecular formula is C13H10BrClFNOS. The van der Waals surface area contributed by atoms with Crippen molar-refractivity contribution < 1.29 is 8.60 Å². The highest BCUT2D eigenvalue weighted by molar-refractivity contribution is 9.10. The summed E-state index contributed by atoms with van der Waals surface area (Å²) < 4.78 is 26.2. The molecule has 0 spiro atoms. The summed E-state index contributed by atoms with van der Waals surface area (Å²) in [5.74, 6) is -0.265. The van der Waals surface area contributed by atoms with Crippen molar-refractivity contribution in [1.82, 2.24) is 0 Å². The lowest BCUT2D eigenvalue weighted by molar-refractivity contribution is 0.623. The molecule has 0 aliphatic rings. The Labute approximate surface area is 126 Å². The van der Waals surface area contributed by atoms with Crippen molar-refractivity contribution in [3.05, 3.63) is 57.3 Å². The first-order chi connectivity index (χ1) is 8.97. The van der Waals surface area contributed by atoms with E-state index < -0.39 is 16.6 Å². The molecule has 0 bridgehead atoms. The van der Waals surface area contributed by atoms with E-state index in [1.54, 1.807) is 12.1 Å². The van der Waals surface area contributed by atoms with Crippen LogP contribution < -0.4 is 5.73 Å². The monoisotopic (exact) mass is 361 g/mol. The molecule has 0 aromatic heterocycles. The lowest BCUT2D eigenvalue weighted by Crippen LogP contribution is -2.02. The van der Waals surface area contributed by atoms with Crippen molar-refractivity contribution in [2.24, 2.45) is 0 Å². The predicted molar refractivity (Wildman–Crippen MR) is 80.1 cm³/mol. The number of hydrogen-bond acceptors (Lipinski definition) is 2. The van der Waals surface area contributed by atoms with Crippen LogP contribution in [-0.2, 0) is 16.6 Å². The van der Waals surface area contributed by atoms with Crippen LogP contribution in [0.1, 0.15) is 5.56 Å². The lowest BCUT2D eigenvalue weighted by atomic mass is 10.2. The first-order valence-electron chi connectivity index (χ1n) is 5.34. The minimum absolute atomic E-state index is 0.194. The van der Waals surface area contributed by atoms with Gasteiger partial charge in [0, 0.05) is 15.2 Å². The SMILES string of the molecule is Nc1ccc(F)cc1S(=O)Cc1ccc(Br)cc1Cl.